The smallest absolute Gasteiger partial charge is 0.300 e. The van der Waals surface area contributed by atoms with Gasteiger partial charge in [-0.05, 0) is 54.2 Å². The molecule has 2 unspecified atom stereocenters. The molecule has 1 saturated carbocycles. The van der Waals surface area contributed by atoms with Crippen molar-refractivity contribution in [2.24, 2.45) is 5.92 Å². The monoisotopic (exact) mass is 435 g/mol. The molecule has 2 aliphatic rings. The van der Waals surface area contributed by atoms with Crippen molar-refractivity contribution < 1.29 is 19.4 Å². The predicted molar refractivity (Wildman–Crippen MR) is 112 cm³/mol. The number of halogens is 2. The fourth-order valence-corrected chi connectivity index (χ4v) is 3.75. The summed E-state index contributed by atoms with van der Waals surface area (Å²) >= 11 is 12.2. The summed E-state index contributed by atoms with van der Waals surface area (Å²) in [4.78, 5) is 23.6. The first-order chi connectivity index (χ1) is 13.8. The van der Waals surface area contributed by atoms with Gasteiger partial charge in [0.2, 0.25) is 5.91 Å². The maximum Gasteiger partial charge on any atom is 0.300 e. The zero-order chi connectivity index (χ0) is 21.0. The molecule has 5 nitrogen and oxygen atoms in total. The van der Waals surface area contributed by atoms with Crippen LogP contribution in [0.15, 0.2) is 48.5 Å². The number of rotatable bonds is 4. The number of hydrogen-bond acceptors (Lipinski definition) is 3. The molecule has 1 amide bonds. The largest absolute Gasteiger partial charge is 0.481 e. The van der Waals surface area contributed by atoms with Crippen LogP contribution in [0.1, 0.15) is 43.0 Å². The minimum atomic E-state index is -0.833. The molecular formula is C22H23Cl2NO4. The molecule has 4 rings (SSSR count). The van der Waals surface area contributed by atoms with Gasteiger partial charge >= 0.3 is 0 Å². The highest BCUT2D eigenvalue weighted by molar-refractivity contribution is 6.30. The van der Waals surface area contributed by atoms with Crippen LogP contribution in [-0.4, -0.2) is 35.0 Å². The second kappa shape index (κ2) is 9.61. The Morgan fingerprint density at radius 1 is 1.10 bits per heavy atom. The van der Waals surface area contributed by atoms with Gasteiger partial charge in [-0.1, -0.05) is 47.5 Å². The van der Waals surface area contributed by atoms with Crippen LogP contribution in [0.2, 0.25) is 10.0 Å². The molecule has 0 radical (unpaired) electrons. The number of carbonyl (C=O) groups is 2. The van der Waals surface area contributed by atoms with Crippen molar-refractivity contribution in [2.45, 2.75) is 31.9 Å². The van der Waals surface area contributed by atoms with Crippen molar-refractivity contribution in [2.75, 3.05) is 13.2 Å². The zero-order valence-corrected chi connectivity index (χ0v) is 17.6. The Bertz CT molecular complexity index is 863. The third-order valence-electron chi connectivity index (χ3n) is 4.87. The lowest BCUT2D eigenvalue weighted by Gasteiger charge is -2.41. The minimum Gasteiger partial charge on any atom is -0.481 e. The molecule has 2 aromatic carbocycles. The molecule has 29 heavy (non-hydrogen) atoms. The van der Waals surface area contributed by atoms with Crippen molar-refractivity contribution in [1.82, 2.24) is 4.90 Å². The average Bonchev–Trinajstić information content (AvgIpc) is 3.48. The van der Waals surface area contributed by atoms with Crippen LogP contribution in [0.25, 0.3) is 0 Å². The summed E-state index contributed by atoms with van der Waals surface area (Å²) in [7, 11) is 0. The normalized spacial score (nSPS) is 21.3. The summed E-state index contributed by atoms with van der Waals surface area (Å²) in [5, 5.41) is 8.77. The van der Waals surface area contributed by atoms with E-state index >= 15 is 0 Å². The van der Waals surface area contributed by atoms with Crippen molar-refractivity contribution in [3.8, 4) is 0 Å². The van der Waals surface area contributed by atoms with Crippen LogP contribution in [0.5, 0.6) is 0 Å². The first-order valence-electron chi connectivity index (χ1n) is 9.46. The van der Waals surface area contributed by atoms with Crippen LogP contribution < -0.4 is 0 Å². The molecule has 2 fully saturated rings. The van der Waals surface area contributed by atoms with E-state index in [1.165, 1.54) is 12.8 Å². The third kappa shape index (κ3) is 5.95. The first-order valence-corrected chi connectivity index (χ1v) is 10.2. The van der Waals surface area contributed by atoms with E-state index in [1.807, 2.05) is 53.4 Å². The summed E-state index contributed by atoms with van der Waals surface area (Å²) in [6.45, 7) is 1.97. The van der Waals surface area contributed by atoms with Crippen molar-refractivity contribution in [3.63, 3.8) is 0 Å². The van der Waals surface area contributed by atoms with E-state index in [9.17, 15) is 4.79 Å². The summed E-state index contributed by atoms with van der Waals surface area (Å²) in [5.41, 5.74) is 2.02. The van der Waals surface area contributed by atoms with E-state index < -0.39 is 5.97 Å². The van der Waals surface area contributed by atoms with Crippen LogP contribution in [0, 0.1) is 5.92 Å². The molecule has 1 saturated heterocycles. The summed E-state index contributed by atoms with van der Waals surface area (Å²) in [6, 6.07) is 15.2. The molecule has 154 valence electrons. The van der Waals surface area contributed by atoms with E-state index in [0.29, 0.717) is 16.0 Å². The van der Waals surface area contributed by atoms with Gasteiger partial charge in [0.05, 0.1) is 6.04 Å². The number of aliphatic carboxylic acids is 1. The third-order valence-corrected chi connectivity index (χ3v) is 5.36. The topological polar surface area (TPSA) is 66.8 Å². The molecule has 7 heteroatoms. The SMILES string of the molecule is CC(=O)O.O=C1COC(c2cccc(Cl)c2)C(c2ccc(Cl)cc2)N1CC1CC1. The second-order valence-electron chi connectivity index (χ2n) is 7.29. The Labute approximate surface area is 180 Å². The molecule has 0 aromatic heterocycles. The number of ether oxygens (including phenoxy) is 1. The Kier molecular flexibility index (Phi) is 7.17. The number of carbonyl (C=O) groups excluding carboxylic acids is 1. The maximum absolute atomic E-state index is 12.6. The van der Waals surface area contributed by atoms with Gasteiger partial charge in [-0.25, -0.2) is 0 Å². The molecule has 0 bridgehead atoms. The van der Waals surface area contributed by atoms with Crippen LogP contribution >= 0.6 is 23.2 Å². The number of carboxylic acids is 1. The first kappa shape index (κ1) is 21.6. The molecular weight excluding hydrogens is 413 g/mol. The molecule has 2 aromatic rings. The van der Waals surface area contributed by atoms with Gasteiger partial charge < -0.3 is 14.7 Å². The lowest BCUT2D eigenvalue weighted by atomic mass is 9.92. The molecule has 2 atom stereocenters. The number of morpholine rings is 1. The van der Waals surface area contributed by atoms with E-state index in [-0.39, 0.29) is 24.7 Å². The highest BCUT2D eigenvalue weighted by Crippen LogP contribution is 2.43. The molecule has 1 N–H and O–H groups in total. The number of hydrogen-bond donors (Lipinski definition) is 1. The zero-order valence-electron chi connectivity index (χ0n) is 16.1. The highest BCUT2D eigenvalue weighted by atomic mass is 35.5. The maximum atomic E-state index is 12.6. The van der Waals surface area contributed by atoms with Crippen molar-refractivity contribution in [3.05, 3.63) is 69.7 Å². The molecule has 1 aliphatic heterocycles. The molecule has 1 aliphatic carbocycles. The van der Waals surface area contributed by atoms with Crippen molar-refractivity contribution >= 4 is 35.1 Å². The van der Waals surface area contributed by atoms with Gasteiger partial charge in [0.15, 0.2) is 0 Å². The van der Waals surface area contributed by atoms with Crippen LogP contribution in [0.3, 0.4) is 0 Å². The van der Waals surface area contributed by atoms with Gasteiger partial charge in [-0.15, -0.1) is 0 Å². The minimum absolute atomic E-state index is 0.0464. The van der Waals surface area contributed by atoms with E-state index in [4.69, 9.17) is 37.8 Å². The van der Waals surface area contributed by atoms with E-state index in [0.717, 1.165) is 24.6 Å². The number of amides is 1. The van der Waals surface area contributed by atoms with E-state index in [2.05, 4.69) is 0 Å². The van der Waals surface area contributed by atoms with Gasteiger partial charge in [-0.2, -0.15) is 0 Å². The standard InChI is InChI=1S/C20H19Cl2NO2.C2H4O2/c21-16-8-6-14(7-9-16)19-20(15-2-1-3-17(22)10-15)25-12-18(24)23(19)11-13-4-5-13;1-2(3)4/h1-3,6-10,13,19-20H,4-5,11-12H2;1H3,(H,3,4). The fraction of sp³-hybridized carbons (Fsp3) is 0.364. The highest BCUT2D eigenvalue weighted by Gasteiger charge is 2.41. The fourth-order valence-electron chi connectivity index (χ4n) is 3.42. The number of benzene rings is 2. The Morgan fingerprint density at radius 2 is 1.76 bits per heavy atom. The second-order valence-corrected chi connectivity index (χ2v) is 8.16. The Morgan fingerprint density at radius 3 is 2.34 bits per heavy atom. The van der Waals surface area contributed by atoms with Crippen LogP contribution in [-0.2, 0) is 14.3 Å². The van der Waals surface area contributed by atoms with Crippen LogP contribution in [0.4, 0.5) is 0 Å². The Balaban J connectivity index is 0.000000552. The quantitative estimate of drug-likeness (QED) is 0.721. The molecule has 1 heterocycles. The van der Waals surface area contributed by atoms with Gasteiger partial charge in [0.25, 0.3) is 5.97 Å². The van der Waals surface area contributed by atoms with Gasteiger partial charge in [-0.3, -0.25) is 9.59 Å². The number of nitrogens with zero attached hydrogens (tertiary/aromatic N) is 1. The molecule has 0 spiro atoms. The summed E-state index contributed by atoms with van der Waals surface area (Å²) in [5.74, 6) is -0.179. The summed E-state index contributed by atoms with van der Waals surface area (Å²) < 4.78 is 5.98. The van der Waals surface area contributed by atoms with Crippen molar-refractivity contribution in [1.29, 1.82) is 0 Å². The lowest BCUT2D eigenvalue weighted by Crippen LogP contribution is -2.46. The number of carboxylic acid groups (broad SMARTS) is 1. The average molecular weight is 436 g/mol. The predicted octanol–water partition coefficient (Wildman–Crippen LogP) is 5.14. The van der Waals surface area contributed by atoms with Gasteiger partial charge in [0.1, 0.15) is 12.7 Å². The van der Waals surface area contributed by atoms with E-state index in [1.54, 1.807) is 0 Å². The summed E-state index contributed by atoms with van der Waals surface area (Å²) in [6.07, 6.45) is 2.15. The van der Waals surface area contributed by atoms with Gasteiger partial charge in [0, 0.05) is 23.5 Å². The lowest BCUT2D eigenvalue weighted by molar-refractivity contribution is -0.159. The Hall–Kier alpha value is -2.08.